The van der Waals surface area contributed by atoms with Gasteiger partial charge >= 0.3 is 0 Å². The number of carbonyl (C=O) groups is 2. The topological polar surface area (TPSA) is 55.9 Å². The molecule has 0 bridgehead atoms. The molecule has 2 fully saturated rings. The first kappa shape index (κ1) is 20.8. The Morgan fingerprint density at radius 1 is 0.867 bits per heavy atom. The van der Waals surface area contributed by atoms with Gasteiger partial charge in [0.2, 0.25) is 11.8 Å². The number of nitrogens with one attached hydrogen (secondary N) is 1. The maximum absolute atomic E-state index is 12.7. The fourth-order valence-electron chi connectivity index (χ4n) is 4.36. The van der Waals surface area contributed by atoms with Gasteiger partial charge in [-0.05, 0) is 42.2 Å². The van der Waals surface area contributed by atoms with Crippen LogP contribution in [0.4, 0.5) is 0 Å². The first-order chi connectivity index (χ1) is 14.6. The van der Waals surface area contributed by atoms with Crippen molar-refractivity contribution in [1.29, 1.82) is 0 Å². The first-order valence-corrected chi connectivity index (χ1v) is 11.1. The lowest BCUT2D eigenvalue weighted by Crippen LogP contribution is -2.52. The number of amides is 2. The van der Waals surface area contributed by atoms with Crippen molar-refractivity contribution in [2.75, 3.05) is 52.4 Å². The van der Waals surface area contributed by atoms with Crippen molar-refractivity contribution in [1.82, 2.24) is 20.0 Å². The average Bonchev–Trinajstić information content (AvgIpc) is 3.32. The molecule has 6 nitrogen and oxygen atoms in total. The molecule has 1 N–H and O–H groups in total. The van der Waals surface area contributed by atoms with Crippen LogP contribution in [0, 0.1) is 0 Å². The molecule has 0 spiro atoms. The van der Waals surface area contributed by atoms with E-state index in [1.807, 2.05) is 21.9 Å². The molecule has 0 unspecified atom stereocenters. The zero-order valence-corrected chi connectivity index (χ0v) is 17.8. The van der Waals surface area contributed by atoms with Gasteiger partial charge < -0.3 is 15.1 Å². The molecule has 2 aromatic carbocycles. The summed E-state index contributed by atoms with van der Waals surface area (Å²) in [5, 5.41) is 5.82. The maximum atomic E-state index is 12.7. The highest BCUT2D eigenvalue weighted by Gasteiger charge is 2.25. The van der Waals surface area contributed by atoms with E-state index in [9.17, 15) is 9.59 Å². The predicted molar refractivity (Wildman–Crippen MR) is 119 cm³/mol. The molecule has 1 atom stereocenters. The predicted octanol–water partition coefficient (Wildman–Crippen LogP) is 2.26. The third-order valence-corrected chi connectivity index (χ3v) is 6.38. The molecule has 160 valence electrons. The smallest absolute Gasteiger partial charge is 0.236 e. The third kappa shape index (κ3) is 4.99. The molecule has 6 heteroatoms. The fourth-order valence-corrected chi connectivity index (χ4v) is 4.36. The molecule has 4 rings (SSSR count). The maximum Gasteiger partial charge on any atom is 0.236 e. The Morgan fingerprint density at radius 3 is 2.27 bits per heavy atom. The van der Waals surface area contributed by atoms with E-state index in [-0.39, 0.29) is 17.9 Å². The molecule has 0 saturated carbocycles. The van der Waals surface area contributed by atoms with E-state index < -0.39 is 0 Å². The summed E-state index contributed by atoms with van der Waals surface area (Å²) in [5.74, 6) is 0.367. The first-order valence-electron chi connectivity index (χ1n) is 11.1. The monoisotopic (exact) mass is 408 g/mol. The van der Waals surface area contributed by atoms with Crippen LogP contribution >= 0.6 is 0 Å². The van der Waals surface area contributed by atoms with Gasteiger partial charge in [0.05, 0.1) is 13.1 Å². The van der Waals surface area contributed by atoms with Gasteiger partial charge in [0.15, 0.2) is 0 Å². The highest BCUT2D eigenvalue weighted by Crippen LogP contribution is 2.20. The fraction of sp³-hybridized carbons (Fsp3) is 0.500. The number of fused-ring (bicyclic) bond motifs is 1. The van der Waals surface area contributed by atoms with E-state index in [4.69, 9.17) is 0 Å². The van der Waals surface area contributed by atoms with Crippen LogP contribution in [0.1, 0.15) is 31.4 Å². The lowest BCUT2D eigenvalue weighted by atomic mass is 10.0. The van der Waals surface area contributed by atoms with Crippen LogP contribution in [0.5, 0.6) is 0 Å². The number of piperazine rings is 1. The summed E-state index contributed by atoms with van der Waals surface area (Å²) in [7, 11) is 0. The molecule has 2 aliphatic heterocycles. The summed E-state index contributed by atoms with van der Waals surface area (Å²) in [5.41, 5.74) is 1.19. The van der Waals surface area contributed by atoms with Gasteiger partial charge in [0.25, 0.3) is 0 Å². The van der Waals surface area contributed by atoms with Gasteiger partial charge in [-0.1, -0.05) is 36.4 Å². The Balaban J connectivity index is 1.22. The summed E-state index contributed by atoms with van der Waals surface area (Å²) in [6, 6.07) is 14.9. The molecule has 2 aromatic rings. The van der Waals surface area contributed by atoms with Crippen LogP contribution in [0.25, 0.3) is 10.8 Å². The number of nitrogens with zero attached hydrogens (tertiary/aromatic N) is 3. The van der Waals surface area contributed by atoms with Crippen molar-refractivity contribution in [2.24, 2.45) is 0 Å². The van der Waals surface area contributed by atoms with Crippen molar-refractivity contribution < 1.29 is 9.59 Å². The van der Waals surface area contributed by atoms with Crippen molar-refractivity contribution in [3.05, 3.63) is 48.0 Å². The summed E-state index contributed by atoms with van der Waals surface area (Å²) < 4.78 is 0. The lowest BCUT2D eigenvalue weighted by Gasteiger charge is -2.35. The number of hydrogen-bond acceptors (Lipinski definition) is 4. The number of rotatable bonds is 6. The standard InChI is InChI=1S/C24H32N4O2/c1-19(21-9-8-20-6-2-3-7-22(20)16-21)25-17-23(29)28-14-12-26(13-15-28)18-24(30)27-10-4-5-11-27/h2-3,6-9,16,19,25H,4-5,10-15,17-18H2,1H3/t19-/m1/s1. The van der Waals surface area contributed by atoms with E-state index in [1.54, 1.807) is 0 Å². The molecule has 0 radical (unpaired) electrons. The van der Waals surface area contributed by atoms with Crippen LogP contribution in [0.2, 0.25) is 0 Å². The average molecular weight is 409 g/mol. The Kier molecular flexibility index (Phi) is 6.65. The Morgan fingerprint density at radius 2 is 1.53 bits per heavy atom. The quantitative estimate of drug-likeness (QED) is 0.797. The van der Waals surface area contributed by atoms with Crippen molar-refractivity contribution in [2.45, 2.75) is 25.8 Å². The van der Waals surface area contributed by atoms with Gasteiger partial charge in [0, 0.05) is 45.3 Å². The van der Waals surface area contributed by atoms with Gasteiger partial charge in [-0.2, -0.15) is 0 Å². The highest BCUT2D eigenvalue weighted by molar-refractivity contribution is 5.83. The largest absolute Gasteiger partial charge is 0.342 e. The third-order valence-electron chi connectivity index (χ3n) is 6.38. The van der Waals surface area contributed by atoms with Crippen LogP contribution in [-0.2, 0) is 9.59 Å². The second kappa shape index (κ2) is 9.58. The van der Waals surface area contributed by atoms with Crippen molar-refractivity contribution >= 4 is 22.6 Å². The van der Waals surface area contributed by atoms with E-state index >= 15 is 0 Å². The minimum Gasteiger partial charge on any atom is -0.342 e. The molecule has 0 aliphatic carbocycles. The number of carbonyl (C=O) groups excluding carboxylic acids is 2. The van der Waals surface area contributed by atoms with E-state index in [2.05, 4.69) is 47.5 Å². The van der Waals surface area contributed by atoms with Crippen LogP contribution in [0.15, 0.2) is 42.5 Å². The summed E-state index contributed by atoms with van der Waals surface area (Å²) in [4.78, 5) is 31.0. The van der Waals surface area contributed by atoms with E-state index in [0.717, 1.165) is 39.0 Å². The minimum absolute atomic E-state index is 0.109. The normalized spacial score (nSPS) is 18.7. The molecule has 2 saturated heterocycles. The Bertz CT molecular complexity index is 886. The molecule has 2 amide bonds. The van der Waals surface area contributed by atoms with Crippen LogP contribution < -0.4 is 5.32 Å². The van der Waals surface area contributed by atoms with Crippen molar-refractivity contribution in [3.63, 3.8) is 0 Å². The molecular weight excluding hydrogens is 376 g/mol. The molecule has 2 heterocycles. The van der Waals surface area contributed by atoms with Gasteiger partial charge in [-0.25, -0.2) is 0 Å². The molecule has 2 aliphatic rings. The molecular formula is C24H32N4O2. The minimum atomic E-state index is 0.109. The Hall–Kier alpha value is -2.44. The summed E-state index contributed by atoms with van der Waals surface area (Å²) >= 11 is 0. The van der Waals surface area contributed by atoms with Gasteiger partial charge in [-0.3, -0.25) is 14.5 Å². The van der Waals surface area contributed by atoms with Gasteiger partial charge in [-0.15, -0.1) is 0 Å². The van der Waals surface area contributed by atoms with E-state index in [1.165, 1.54) is 16.3 Å². The Labute approximate surface area is 178 Å². The summed E-state index contributed by atoms with van der Waals surface area (Å²) in [6.45, 7) is 7.64. The molecule has 30 heavy (non-hydrogen) atoms. The zero-order valence-electron chi connectivity index (χ0n) is 17.8. The van der Waals surface area contributed by atoms with Crippen molar-refractivity contribution in [3.8, 4) is 0 Å². The summed E-state index contributed by atoms with van der Waals surface area (Å²) in [6.07, 6.45) is 2.25. The lowest BCUT2D eigenvalue weighted by molar-refractivity contribution is -0.134. The number of likely N-dealkylation sites (tertiary alicyclic amines) is 1. The second-order valence-corrected chi connectivity index (χ2v) is 8.45. The zero-order chi connectivity index (χ0) is 20.9. The van der Waals surface area contributed by atoms with Crippen LogP contribution in [-0.4, -0.2) is 78.9 Å². The highest BCUT2D eigenvalue weighted by atomic mass is 16.2. The molecule has 0 aromatic heterocycles. The van der Waals surface area contributed by atoms with Gasteiger partial charge in [0.1, 0.15) is 0 Å². The van der Waals surface area contributed by atoms with Crippen LogP contribution in [0.3, 0.4) is 0 Å². The van der Waals surface area contributed by atoms with E-state index in [0.29, 0.717) is 26.2 Å². The number of benzene rings is 2. The SMILES string of the molecule is C[C@@H](NCC(=O)N1CCN(CC(=O)N2CCCC2)CC1)c1ccc2ccccc2c1. The second-order valence-electron chi connectivity index (χ2n) is 8.45. The number of hydrogen-bond donors (Lipinski definition) is 1.